The Balaban J connectivity index is 1.61. The summed E-state index contributed by atoms with van der Waals surface area (Å²) in [6.07, 6.45) is 4.35. The van der Waals surface area contributed by atoms with Crippen LogP contribution < -0.4 is 5.32 Å². The van der Waals surface area contributed by atoms with E-state index in [0.717, 1.165) is 0 Å². The van der Waals surface area contributed by atoms with Gasteiger partial charge in [0.25, 0.3) is 0 Å². The van der Waals surface area contributed by atoms with E-state index in [1.165, 1.54) is 23.7 Å². The summed E-state index contributed by atoms with van der Waals surface area (Å²) in [5.41, 5.74) is 1.27. The van der Waals surface area contributed by atoms with E-state index >= 15 is 0 Å². The number of nitrogens with one attached hydrogen (secondary N) is 1. The average molecular weight is 314 g/mol. The lowest BCUT2D eigenvalue weighted by Crippen LogP contribution is -2.16. The van der Waals surface area contributed by atoms with Crippen LogP contribution in [0.5, 0.6) is 0 Å². The van der Waals surface area contributed by atoms with Gasteiger partial charge < -0.3 is 10.4 Å². The predicted molar refractivity (Wildman–Crippen MR) is 83.5 cm³/mol. The molecule has 1 fully saturated rings. The van der Waals surface area contributed by atoms with Gasteiger partial charge in [-0.3, -0.25) is 4.79 Å². The van der Waals surface area contributed by atoms with Crippen molar-refractivity contribution in [1.82, 2.24) is 15.0 Å². The molecule has 1 heterocycles. The van der Waals surface area contributed by atoms with E-state index < -0.39 is 5.97 Å². The van der Waals surface area contributed by atoms with E-state index in [1.807, 2.05) is 0 Å². The Morgan fingerprint density at radius 3 is 2.61 bits per heavy atom. The highest BCUT2D eigenvalue weighted by molar-refractivity contribution is 5.91. The highest BCUT2D eigenvalue weighted by Gasteiger charge is 2.29. The summed E-state index contributed by atoms with van der Waals surface area (Å²) in [6, 6.07) is 7.02. The molecule has 1 saturated carbocycles. The molecule has 0 radical (unpaired) electrons. The summed E-state index contributed by atoms with van der Waals surface area (Å²) >= 11 is 0. The number of carboxylic acid groups (broad SMARTS) is 1. The van der Waals surface area contributed by atoms with Crippen molar-refractivity contribution in [2.24, 2.45) is 11.8 Å². The van der Waals surface area contributed by atoms with Crippen LogP contribution in [0.3, 0.4) is 0 Å². The predicted octanol–water partition coefficient (Wildman–Crippen LogP) is 2.34. The van der Waals surface area contributed by atoms with Gasteiger partial charge >= 0.3 is 5.97 Å². The number of carboxylic acids is 1. The lowest BCUT2D eigenvalue weighted by atomic mass is 10.0. The van der Waals surface area contributed by atoms with Gasteiger partial charge in [0.15, 0.2) is 5.69 Å². The third-order valence-electron chi connectivity index (χ3n) is 4.06. The van der Waals surface area contributed by atoms with Crippen LogP contribution in [0, 0.1) is 11.8 Å². The average Bonchev–Trinajstić information content (AvgIpc) is 3.25. The van der Waals surface area contributed by atoms with Crippen LogP contribution in [0.2, 0.25) is 0 Å². The fraction of sp³-hybridized carbons (Fsp3) is 0.375. The summed E-state index contributed by atoms with van der Waals surface area (Å²) in [6.45, 7) is 2.12. The highest BCUT2D eigenvalue weighted by atomic mass is 16.4. The van der Waals surface area contributed by atoms with Gasteiger partial charge in [0.2, 0.25) is 5.91 Å². The topological polar surface area (TPSA) is 97.1 Å². The van der Waals surface area contributed by atoms with Gasteiger partial charge in [-0.15, -0.1) is 5.10 Å². The number of anilines is 1. The molecule has 0 spiro atoms. The molecule has 2 aromatic rings. The first-order valence-electron chi connectivity index (χ1n) is 7.59. The molecule has 1 atom stereocenters. The monoisotopic (exact) mass is 314 g/mol. The van der Waals surface area contributed by atoms with Gasteiger partial charge in [-0.25, -0.2) is 9.48 Å². The first-order chi connectivity index (χ1) is 11.0. The molecule has 2 N–H and O–H groups in total. The molecule has 7 nitrogen and oxygen atoms in total. The van der Waals surface area contributed by atoms with Crippen molar-refractivity contribution in [3.05, 3.63) is 36.2 Å². The Kier molecular flexibility index (Phi) is 4.10. The van der Waals surface area contributed by atoms with Gasteiger partial charge in [0.05, 0.1) is 11.9 Å². The Hall–Kier alpha value is -2.70. The molecule has 1 aromatic heterocycles. The molecule has 3 rings (SSSR count). The van der Waals surface area contributed by atoms with Gasteiger partial charge in [0.1, 0.15) is 0 Å². The van der Waals surface area contributed by atoms with E-state index in [9.17, 15) is 9.59 Å². The summed E-state index contributed by atoms with van der Waals surface area (Å²) in [5, 5.41) is 19.0. The minimum Gasteiger partial charge on any atom is -0.476 e. The third-order valence-corrected chi connectivity index (χ3v) is 4.06. The van der Waals surface area contributed by atoms with Crippen molar-refractivity contribution >= 4 is 17.6 Å². The van der Waals surface area contributed by atoms with Crippen LogP contribution in [0.25, 0.3) is 5.69 Å². The zero-order valence-corrected chi connectivity index (χ0v) is 12.8. The second kappa shape index (κ2) is 6.20. The maximum Gasteiger partial charge on any atom is 0.358 e. The minimum atomic E-state index is -1.12. The number of benzene rings is 1. The van der Waals surface area contributed by atoms with Crippen LogP contribution in [0.4, 0.5) is 5.69 Å². The first kappa shape index (κ1) is 15.2. The van der Waals surface area contributed by atoms with Gasteiger partial charge in [-0.1, -0.05) is 12.1 Å². The second-order valence-corrected chi connectivity index (χ2v) is 5.97. The van der Waals surface area contributed by atoms with Crippen LogP contribution in [-0.4, -0.2) is 32.0 Å². The molecule has 1 aromatic carbocycles. The number of aromatic carboxylic acids is 1. The Bertz CT molecular complexity index is 719. The number of aromatic nitrogens is 3. The SMILES string of the molecule is C[C@@H](CC(=O)Nc1ccc(-n2cc(C(=O)O)nn2)cc1)C1CC1. The Morgan fingerprint density at radius 2 is 2.04 bits per heavy atom. The largest absolute Gasteiger partial charge is 0.476 e. The smallest absolute Gasteiger partial charge is 0.358 e. The van der Waals surface area contributed by atoms with E-state index in [1.54, 1.807) is 24.3 Å². The molecule has 1 aliphatic rings. The van der Waals surface area contributed by atoms with Gasteiger partial charge in [-0.2, -0.15) is 0 Å². The summed E-state index contributed by atoms with van der Waals surface area (Å²) in [7, 11) is 0. The molecule has 7 heteroatoms. The second-order valence-electron chi connectivity index (χ2n) is 5.97. The maximum atomic E-state index is 12.0. The number of rotatable bonds is 6. The van der Waals surface area contributed by atoms with E-state index in [0.29, 0.717) is 29.6 Å². The van der Waals surface area contributed by atoms with Crippen molar-refractivity contribution in [2.45, 2.75) is 26.2 Å². The maximum absolute atomic E-state index is 12.0. The van der Waals surface area contributed by atoms with E-state index in [4.69, 9.17) is 5.11 Å². The zero-order chi connectivity index (χ0) is 16.4. The van der Waals surface area contributed by atoms with E-state index in [2.05, 4.69) is 22.6 Å². The Morgan fingerprint density at radius 1 is 1.35 bits per heavy atom. The number of hydrogen-bond acceptors (Lipinski definition) is 4. The Labute approximate surface area is 133 Å². The summed E-state index contributed by atoms with van der Waals surface area (Å²) in [4.78, 5) is 22.8. The zero-order valence-electron chi connectivity index (χ0n) is 12.8. The van der Waals surface area contributed by atoms with Crippen LogP contribution in [-0.2, 0) is 4.79 Å². The lowest BCUT2D eigenvalue weighted by Gasteiger charge is -2.10. The molecule has 1 aliphatic carbocycles. The van der Waals surface area contributed by atoms with Gasteiger partial charge in [-0.05, 0) is 48.9 Å². The molecule has 0 saturated heterocycles. The van der Waals surface area contributed by atoms with Crippen molar-refractivity contribution in [3.8, 4) is 5.69 Å². The van der Waals surface area contributed by atoms with Crippen LogP contribution in [0.15, 0.2) is 30.5 Å². The molecular formula is C16H18N4O3. The van der Waals surface area contributed by atoms with Crippen molar-refractivity contribution in [3.63, 3.8) is 0 Å². The molecule has 0 bridgehead atoms. The normalized spacial score (nSPS) is 15.2. The number of hydrogen-bond donors (Lipinski definition) is 2. The molecule has 1 amide bonds. The highest BCUT2D eigenvalue weighted by Crippen LogP contribution is 2.38. The van der Waals surface area contributed by atoms with Crippen molar-refractivity contribution < 1.29 is 14.7 Å². The van der Waals surface area contributed by atoms with E-state index in [-0.39, 0.29) is 11.6 Å². The lowest BCUT2D eigenvalue weighted by molar-refractivity contribution is -0.117. The van der Waals surface area contributed by atoms with Crippen molar-refractivity contribution in [1.29, 1.82) is 0 Å². The third kappa shape index (κ3) is 3.74. The van der Waals surface area contributed by atoms with Crippen molar-refractivity contribution in [2.75, 3.05) is 5.32 Å². The molecule has 23 heavy (non-hydrogen) atoms. The first-order valence-corrected chi connectivity index (χ1v) is 7.59. The molecule has 0 aliphatic heterocycles. The summed E-state index contributed by atoms with van der Waals surface area (Å²) < 4.78 is 1.38. The number of carbonyl (C=O) groups excluding carboxylic acids is 1. The van der Waals surface area contributed by atoms with Gasteiger partial charge in [0, 0.05) is 12.1 Å². The molecule has 0 unspecified atom stereocenters. The fourth-order valence-corrected chi connectivity index (χ4v) is 2.52. The van der Waals surface area contributed by atoms with Crippen LogP contribution in [0.1, 0.15) is 36.7 Å². The number of amides is 1. The fourth-order valence-electron chi connectivity index (χ4n) is 2.52. The number of nitrogens with zero attached hydrogens (tertiary/aromatic N) is 3. The molecular weight excluding hydrogens is 296 g/mol. The standard InChI is InChI=1S/C16H18N4O3/c1-10(11-2-3-11)8-15(21)17-12-4-6-13(7-5-12)20-9-14(16(22)23)18-19-20/h4-7,9-11H,2-3,8H2,1H3,(H,17,21)(H,22,23)/t10-/m0/s1. The van der Waals surface area contributed by atoms with Crippen LogP contribution >= 0.6 is 0 Å². The molecule has 120 valence electrons. The quantitative estimate of drug-likeness (QED) is 0.853. The number of carbonyl (C=O) groups is 2. The summed E-state index contributed by atoms with van der Waals surface area (Å²) in [5.74, 6) is 0.0359. The minimum absolute atomic E-state index is 0.0195.